The van der Waals surface area contributed by atoms with Crippen LogP contribution in [0.2, 0.25) is 0 Å². The number of benzene rings is 1. The number of hydrogen-bond donors (Lipinski definition) is 2. The number of halogens is 1. The van der Waals surface area contributed by atoms with E-state index in [1.165, 1.54) is 0 Å². The zero-order valence-electron chi connectivity index (χ0n) is 12.0. The molecule has 3 nitrogen and oxygen atoms in total. The van der Waals surface area contributed by atoms with Crippen LogP contribution < -0.4 is 5.32 Å². The van der Waals surface area contributed by atoms with Crippen molar-refractivity contribution in [2.75, 3.05) is 5.33 Å². The Bertz CT molecular complexity index is 452. The lowest BCUT2D eigenvalue weighted by atomic mass is 9.85. The van der Waals surface area contributed by atoms with E-state index in [4.69, 9.17) is 0 Å². The van der Waals surface area contributed by atoms with Gasteiger partial charge in [0.05, 0.1) is 0 Å². The average molecular weight is 328 g/mol. The Balaban J connectivity index is 2.91. The van der Waals surface area contributed by atoms with Crippen LogP contribution in [0.25, 0.3) is 0 Å². The molecule has 4 heteroatoms. The fourth-order valence-electron chi connectivity index (χ4n) is 1.94. The van der Waals surface area contributed by atoms with Gasteiger partial charge in [0.25, 0.3) is 5.91 Å². The summed E-state index contributed by atoms with van der Waals surface area (Å²) in [6, 6.07) is 5.10. The van der Waals surface area contributed by atoms with Gasteiger partial charge in [0.1, 0.15) is 5.75 Å². The molecule has 1 rings (SSSR count). The maximum absolute atomic E-state index is 12.3. The van der Waals surface area contributed by atoms with Crippen molar-refractivity contribution in [1.82, 2.24) is 5.32 Å². The number of hydrogen-bond acceptors (Lipinski definition) is 2. The van der Waals surface area contributed by atoms with Gasteiger partial charge < -0.3 is 10.4 Å². The number of alkyl halides is 1. The molecule has 0 saturated heterocycles. The lowest BCUT2D eigenvalue weighted by Crippen LogP contribution is -2.44. The van der Waals surface area contributed by atoms with E-state index in [-0.39, 0.29) is 23.1 Å². The highest BCUT2D eigenvalue weighted by molar-refractivity contribution is 9.09. The molecule has 0 fully saturated rings. The number of phenols is 1. The number of amides is 1. The summed E-state index contributed by atoms with van der Waals surface area (Å²) in [4.78, 5) is 12.3. The molecule has 19 heavy (non-hydrogen) atoms. The Labute approximate surface area is 123 Å². The van der Waals surface area contributed by atoms with Crippen molar-refractivity contribution in [3.05, 3.63) is 29.3 Å². The number of aromatic hydroxyl groups is 1. The summed E-state index contributed by atoms with van der Waals surface area (Å²) in [7, 11) is 0. The third kappa shape index (κ3) is 4.23. The van der Waals surface area contributed by atoms with Gasteiger partial charge >= 0.3 is 0 Å². The molecule has 0 spiro atoms. The third-order valence-electron chi connectivity index (χ3n) is 3.30. The first-order valence-electron chi connectivity index (χ1n) is 6.42. The lowest BCUT2D eigenvalue weighted by molar-refractivity contribution is 0.0899. The molecule has 1 atom stereocenters. The largest absolute Gasteiger partial charge is 0.508 e. The summed E-state index contributed by atoms with van der Waals surface area (Å²) in [5.74, 6) is 0.0229. The predicted octanol–water partition coefficient (Wildman–Crippen LogP) is 3.63. The Kier molecular flexibility index (Phi) is 5.41. The zero-order valence-corrected chi connectivity index (χ0v) is 13.5. The smallest absolute Gasteiger partial charge is 0.251 e. The fraction of sp³-hybridized carbons (Fsp3) is 0.533. The quantitative estimate of drug-likeness (QED) is 0.829. The molecule has 1 aromatic rings. The minimum Gasteiger partial charge on any atom is -0.508 e. The van der Waals surface area contributed by atoms with Gasteiger partial charge in [-0.1, -0.05) is 42.8 Å². The molecule has 1 unspecified atom stereocenters. The second-order valence-corrected chi connectivity index (χ2v) is 6.61. The van der Waals surface area contributed by atoms with Crippen molar-refractivity contribution in [2.24, 2.45) is 5.41 Å². The van der Waals surface area contributed by atoms with Crippen LogP contribution in [0.1, 0.15) is 43.1 Å². The fourth-order valence-corrected chi connectivity index (χ4v) is 2.39. The predicted molar refractivity (Wildman–Crippen MR) is 82.0 cm³/mol. The van der Waals surface area contributed by atoms with Crippen LogP contribution in [0.3, 0.4) is 0 Å². The first-order chi connectivity index (χ1) is 8.77. The SMILES string of the molecule is Cc1c(O)cccc1C(=O)NC(CCBr)C(C)(C)C. The molecule has 0 aromatic heterocycles. The summed E-state index contributed by atoms with van der Waals surface area (Å²) in [5, 5.41) is 13.6. The van der Waals surface area contributed by atoms with Crippen LogP contribution in [0, 0.1) is 12.3 Å². The summed E-state index contributed by atoms with van der Waals surface area (Å²) in [6.45, 7) is 8.07. The van der Waals surface area contributed by atoms with Crippen molar-refractivity contribution in [3.8, 4) is 5.75 Å². The van der Waals surface area contributed by atoms with Crippen LogP contribution in [-0.4, -0.2) is 22.4 Å². The number of carbonyl (C=O) groups is 1. The van der Waals surface area contributed by atoms with Crippen molar-refractivity contribution >= 4 is 21.8 Å². The van der Waals surface area contributed by atoms with Crippen molar-refractivity contribution in [3.63, 3.8) is 0 Å². The molecule has 1 aromatic carbocycles. The van der Waals surface area contributed by atoms with Crippen molar-refractivity contribution in [2.45, 2.75) is 40.2 Å². The van der Waals surface area contributed by atoms with Gasteiger partial charge in [-0.3, -0.25) is 4.79 Å². The zero-order chi connectivity index (χ0) is 14.6. The monoisotopic (exact) mass is 327 g/mol. The minimum atomic E-state index is -0.130. The molecule has 0 bridgehead atoms. The molecule has 1 amide bonds. The number of nitrogens with one attached hydrogen (secondary N) is 1. The van der Waals surface area contributed by atoms with Crippen molar-refractivity contribution in [1.29, 1.82) is 0 Å². The average Bonchev–Trinajstić information content (AvgIpc) is 2.30. The van der Waals surface area contributed by atoms with E-state index in [0.717, 1.165) is 11.8 Å². The molecular formula is C15H22BrNO2. The van der Waals surface area contributed by atoms with E-state index in [1.54, 1.807) is 25.1 Å². The summed E-state index contributed by atoms with van der Waals surface area (Å²) >= 11 is 3.42. The minimum absolute atomic E-state index is 0.00579. The third-order valence-corrected chi connectivity index (χ3v) is 3.76. The van der Waals surface area contributed by atoms with E-state index >= 15 is 0 Å². The molecule has 106 valence electrons. The molecular weight excluding hydrogens is 306 g/mol. The maximum Gasteiger partial charge on any atom is 0.251 e. The molecule has 0 aliphatic rings. The van der Waals surface area contributed by atoms with Gasteiger partial charge in [-0.2, -0.15) is 0 Å². The van der Waals surface area contributed by atoms with Gasteiger partial charge in [-0.25, -0.2) is 0 Å². The second kappa shape index (κ2) is 6.42. The standard InChI is InChI=1S/C15H22BrNO2/c1-10-11(6-5-7-12(10)18)14(19)17-13(8-9-16)15(2,3)4/h5-7,13,18H,8-9H2,1-4H3,(H,17,19). The van der Waals surface area contributed by atoms with E-state index in [0.29, 0.717) is 11.1 Å². The lowest BCUT2D eigenvalue weighted by Gasteiger charge is -2.31. The molecule has 0 radical (unpaired) electrons. The first-order valence-corrected chi connectivity index (χ1v) is 7.55. The molecule has 2 N–H and O–H groups in total. The van der Waals surface area contributed by atoms with Crippen LogP contribution in [0.5, 0.6) is 5.75 Å². The summed E-state index contributed by atoms with van der Waals surface area (Å²) < 4.78 is 0. The van der Waals surface area contributed by atoms with E-state index in [2.05, 4.69) is 42.0 Å². The molecule has 0 aliphatic carbocycles. The van der Waals surface area contributed by atoms with Gasteiger partial charge in [-0.15, -0.1) is 0 Å². The van der Waals surface area contributed by atoms with E-state index in [1.807, 2.05) is 0 Å². The Morgan fingerprint density at radius 2 is 2.05 bits per heavy atom. The summed E-state index contributed by atoms with van der Waals surface area (Å²) in [5.41, 5.74) is 1.14. The van der Waals surface area contributed by atoms with E-state index in [9.17, 15) is 9.90 Å². The topological polar surface area (TPSA) is 49.3 Å². The van der Waals surface area contributed by atoms with Gasteiger partial charge in [0.15, 0.2) is 0 Å². The Morgan fingerprint density at radius 3 is 2.58 bits per heavy atom. The van der Waals surface area contributed by atoms with Crippen LogP contribution >= 0.6 is 15.9 Å². The highest BCUT2D eigenvalue weighted by Gasteiger charge is 2.26. The van der Waals surface area contributed by atoms with Gasteiger partial charge in [0.2, 0.25) is 0 Å². The Morgan fingerprint density at radius 1 is 1.42 bits per heavy atom. The Hall–Kier alpha value is -1.03. The number of phenolic OH excluding ortho intramolecular Hbond substituents is 1. The second-order valence-electron chi connectivity index (χ2n) is 5.82. The number of carbonyl (C=O) groups excluding carboxylic acids is 1. The molecule has 0 saturated carbocycles. The van der Waals surface area contributed by atoms with Crippen LogP contribution in [-0.2, 0) is 0 Å². The molecule has 0 heterocycles. The van der Waals surface area contributed by atoms with E-state index < -0.39 is 0 Å². The van der Waals surface area contributed by atoms with Crippen LogP contribution in [0.15, 0.2) is 18.2 Å². The van der Waals surface area contributed by atoms with Gasteiger partial charge in [0, 0.05) is 22.5 Å². The van der Waals surface area contributed by atoms with Gasteiger partial charge in [-0.05, 0) is 30.9 Å². The summed E-state index contributed by atoms with van der Waals surface area (Å²) in [6.07, 6.45) is 0.868. The number of rotatable bonds is 4. The molecule has 0 aliphatic heterocycles. The maximum atomic E-state index is 12.3. The highest BCUT2D eigenvalue weighted by Crippen LogP contribution is 2.24. The van der Waals surface area contributed by atoms with Crippen LogP contribution in [0.4, 0.5) is 0 Å². The normalized spacial score (nSPS) is 13.1. The highest BCUT2D eigenvalue weighted by atomic mass is 79.9. The van der Waals surface area contributed by atoms with Crippen molar-refractivity contribution < 1.29 is 9.90 Å². The first kappa shape index (κ1) is 16.0.